The van der Waals surface area contributed by atoms with Gasteiger partial charge in [-0.3, -0.25) is 4.79 Å². The lowest BCUT2D eigenvalue weighted by molar-refractivity contribution is -0.141. The van der Waals surface area contributed by atoms with Gasteiger partial charge in [0.1, 0.15) is 24.4 Å². The molecule has 3 rings (SSSR count). The summed E-state index contributed by atoms with van der Waals surface area (Å²) in [6, 6.07) is 0. The Bertz CT molecular complexity index is 667. The van der Waals surface area contributed by atoms with Crippen LogP contribution in [0.25, 0.3) is 0 Å². The third-order valence-corrected chi connectivity index (χ3v) is 3.75. The molecule has 0 aliphatic carbocycles. The van der Waals surface area contributed by atoms with E-state index in [1.807, 2.05) is 0 Å². The monoisotopic (exact) mass is 329 g/mol. The fourth-order valence-electron chi connectivity index (χ4n) is 2.61. The highest BCUT2D eigenvalue weighted by molar-refractivity contribution is 5.76. The van der Waals surface area contributed by atoms with Crippen molar-refractivity contribution < 1.29 is 18.0 Å². The number of aromatic nitrogens is 6. The SMILES string of the molecule is O=C(Cn1cnnn1)N1CCC[C@@H](c2ncc(C(F)(F)F)[nH]2)C1. The maximum atomic E-state index is 12.6. The molecule has 23 heavy (non-hydrogen) atoms. The normalized spacial score (nSPS) is 19.1. The number of alkyl halides is 3. The molecule has 0 aromatic carbocycles. The lowest BCUT2D eigenvalue weighted by Gasteiger charge is -2.31. The van der Waals surface area contributed by atoms with E-state index in [0.29, 0.717) is 25.9 Å². The standard InChI is InChI=1S/C12H14F3N7O/c13-12(14,15)9-4-16-11(18-9)8-2-1-3-21(5-8)10(23)6-22-7-17-19-20-22/h4,7-8H,1-3,5-6H2,(H,16,18)/t8-/m1/s1. The van der Waals surface area contributed by atoms with Crippen molar-refractivity contribution in [3.8, 4) is 0 Å². The van der Waals surface area contributed by atoms with E-state index in [-0.39, 0.29) is 24.2 Å². The lowest BCUT2D eigenvalue weighted by Crippen LogP contribution is -2.41. The van der Waals surface area contributed by atoms with Gasteiger partial charge in [0.25, 0.3) is 0 Å². The summed E-state index contributed by atoms with van der Waals surface area (Å²) in [5.74, 6) is -0.153. The van der Waals surface area contributed by atoms with E-state index in [1.165, 1.54) is 11.0 Å². The lowest BCUT2D eigenvalue weighted by atomic mass is 9.97. The molecule has 1 N–H and O–H groups in total. The van der Waals surface area contributed by atoms with Crippen LogP contribution in [0.3, 0.4) is 0 Å². The van der Waals surface area contributed by atoms with E-state index in [0.717, 1.165) is 6.20 Å². The zero-order valence-electron chi connectivity index (χ0n) is 12.0. The summed E-state index contributed by atoms with van der Waals surface area (Å²) >= 11 is 0. The third kappa shape index (κ3) is 3.48. The van der Waals surface area contributed by atoms with Crippen LogP contribution in [0, 0.1) is 0 Å². The van der Waals surface area contributed by atoms with Gasteiger partial charge in [0.15, 0.2) is 0 Å². The number of hydrogen-bond acceptors (Lipinski definition) is 5. The van der Waals surface area contributed by atoms with Crippen LogP contribution in [-0.2, 0) is 17.5 Å². The summed E-state index contributed by atoms with van der Waals surface area (Å²) in [6.45, 7) is 0.891. The number of H-pyrrole nitrogens is 1. The summed E-state index contributed by atoms with van der Waals surface area (Å²) in [7, 11) is 0. The van der Waals surface area contributed by atoms with Crippen molar-refractivity contribution in [2.75, 3.05) is 13.1 Å². The van der Waals surface area contributed by atoms with Gasteiger partial charge < -0.3 is 9.88 Å². The average Bonchev–Trinajstić information content (AvgIpc) is 3.18. The number of rotatable bonds is 3. The number of amides is 1. The Morgan fingerprint density at radius 2 is 2.26 bits per heavy atom. The number of imidazole rings is 1. The number of piperidine rings is 1. The molecule has 11 heteroatoms. The summed E-state index contributed by atoms with van der Waals surface area (Å²) in [5.41, 5.74) is -0.871. The minimum Gasteiger partial charge on any atom is -0.340 e. The first kappa shape index (κ1) is 15.4. The van der Waals surface area contributed by atoms with Crippen LogP contribution in [0.2, 0.25) is 0 Å². The molecule has 0 saturated carbocycles. The predicted octanol–water partition coefficient (Wildman–Crippen LogP) is 0.821. The molecule has 2 aromatic heterocycles. The van der Waals surface area contributed by atoms with Gasteiger partial charge >= 0.3 is 6.18 Å². The van der Waals surface area contributed by atoms with Crippen molar-refractivity contribution in [3.63, 3.8) is 0 Å². The summed E-state index contributed by atoms with van der Waals surface area (Å²) < 4.78 is 39.2. The van der Waals surface area contributed by atoms with Crippen molar-refractivity contribution in [2.45, 2.75) is 31.5 Å². The summed E-state index contributed by atoms with van der Waals surface area (Å²) in [5, 5.41) is 10.5. The van der Waals surface area contributed by atoms with Gasteiger partial charge in [-0.25, -0.2) is 9.67 Å². The van der Waals surface area contributed by atoms with E-state index in [4.69, 9.17) is 0 Å². The Morgan fingerprint density at radius 3 is 2.91 bits per heavy atom. The van der Waals surface area contributed by atoms with Crippen LogP contribution in [-0.4, -0.2) is 54.1 Å². The minimum absolute atomic E-state index is 0.00563. The zero-order chi connectivity index (χ0) is 16.4. The van der Waals surface area contributed by atoms with Gasteiger partial charge in [-0.15, -0.1) is 5.10 Å². The fourth-order valence-corrected chi connectivity index (χ4v) is 2.61. The number of hydrogen-bond donors (Lipinski definition) is 1. The molecular formula is C12H14F3N7O. The van der Waals surface area contributed by atoms with Crippen molar-refractivity contribution in [1.29, 1.82) is 0 Å². The van der Waals surface area contributed by atoms with Gasteiger partial charge in [0.2, 0.25) is 5.91 Å². The van der Waals surface area contributed by atoms with Crippen LogP contribution in [0.1, 0.15) is 30.3 Å². The number of carbonyl (C=O) groups excluding carboxylic acids is 1. The molecule has 0 radical (unpaired) electrons. The summed E-state index contributed by atoms with van der Waals surface area (Å²) in [6.07, 6.45) is -0.943. The molecule has 1 amide bonds. The Labute approximate surface area is 128 Å². The van der Waals surface area contributed by atoms with Crippen molar-refractivity contribution in [1.82, 2.24) is 35.1 Å². The second-order valence-electron chi connectivity index (χ2n) is 5.37. The van der Waals surface area contributed by atoms with Crippen LogP contribution < -0.4 is 0 Å². The number of likely N-dealkylation sites (tertiary alicyclic amines) is 1. The highest BCUT2D eigenvalue weighted by atomic mass is 19.4. The largest absolute Gasteiger partial charge is 0.432 e. The smallest absolute Gasteiger partial charge is 0.340 e. The second kappa shape index (κ2) is 5.97. The third-order valence-electron chi connectivity index (χ3n) is 3.75. The quantitative estimate of drug-likeness (QED) is 0.900. The molecule has 1 aliphatic rings. The van der Waals surface area contributed by atoms with E-state index >= 15 is 0 Å². The molecule has 0 bridgehead atoms. The first-order valence-corrected chi connectivity index (χ1v) is 7.04. The molecule has 1 atom stereocenters. The van der Waals surface area contributed by atoms with Gasteiger partial charge in [-0.1, -0.05) is 0 Å². The molecule has 124 valence electrons. The topological polar surface area (TPSA) is 92.6 Å². The highest BCUT2D eigenvalue weighted by Gasteiger charge is 2.34. The number of nitrogens with zero attached hydrogens (tertiary/aromatic N) is 6. The Kier molecular flexibility index (Phi) is 4.01. The summed E-state index contributed by atoms with van der Waals surface area (Å²) in [4.78, 5) is 19.9. The number of halogens is 3. The predicted molar refractivity (Wildman–Crippen MR) is 70.0 cm³/mol. The molecule has 8 nitrogen and oxygen atoms in total. The van der Waals surface area contributed by atoms with Crippen LogP contribution in [0.4, 0.5) is 13.2 Å². The zero-order valence-corrected chi connectivity index (χ0v) is 12.0. The van der Waals surface area contributed by atoms with Gasteiger partial charge in [-0.2, -0.15) is 13.2 Å². The second-order valence-corrected chi connectivity index (χ2v) is 5.37. The van der Waals surface area contributed by atoms with Gasteiger partial charge in [0.05, 0.1) is 6.20 Å². The van der Waals surface area contributed by atoms with Crippen LogP contribution in [0.5, 0.6) is 0 Å². The molecule has 1 saturated heterocycles. The van der Waals surface area contributed by atoms with Crippen molar-refractivity contribution in [2.24, 2.45) is 0 Å². The first-order valence-electron chi connectivity index (χ1n) is 7.04. The number of nitrogens with one attached hydrogen (secondary N) is 1. The number of carbonyl (C=O) groups is 1. The molecule has 1 aliphatic heterocycles. The van der Waals surface area contributed by atoms with Gasteiger partial charge in [-0.05, 0) is 23.3 Å². The van der Waals surface area contributed by atoms with E-state index in [2.05, 4.69) is 25.5 Å². The van der Waals surface area contributed by atoms with E-state index < -0.39 is 11.9 Å². The van der Waals surface area contributed by atoms with E-state index in [1.54, 1.807) is 4.90 Å². The maximum absolute atomic E-state index is 12.6. The number of tetrazole rings is 1. The Hall–Kier alpha value is -2.46. The maximum Gasteiger partial charge on any atom is 0.432 e. The van der Waals surface area contributed by atoms with Crippen molar-refractivity contribution >= 4 is 5.91 Å². The highest BCUT2D eigenvalue weighted by Crippen LogP contribution is 2.31. The first-order chi connectivity index (χ1) is 10.9. The molecule has 3 heterocycles. The Morgan fingerprint density at radius 1 is 1.43 bits per heavy atom. The fraction of sp³-hybridized carbons (Fsp3) is 0.583. The van der Waals surface area contributed by atoms with Crippen LogP contribution in [0.15, 0.2) is 12.5 Å². The van der Waals surface area contributed by atoms with Crippen molar-refractivity contribution in [3.05, 3.63) is 24.0 Å². The molecular weight excluding hydrogens is 315 g/mol. The van der Waals surface area contributed by atoms with Crippen LogP contribution >= 0.6 is 0 Å². The molecule has 1 fully saturated rings. The van der Waals surface area contributed by atoms with E-state index in [9.17, 15) is 18.0 Å². The number of aromatic amines is 1. The molecule has 0 spiro atoms. The Balaban J connectivity index is 1.66. The minimum atomic E-state index is -4.45. The molecule has 2 aromatic rings. The molecule has 0 unspecified atom stereocenters. The van der Waals surface area contributed by atoms with Gasteiger partial charge in [0, 0.05) is 19.0 Å². The average molecular weight is 329 g/mol.